The molecule has 0 unspecified atom stereocenters. The number of alkyl halides is 2. The van der Waals surface area contributed by atoms with Gasteiger partial charge in [0.2, 0.25) is 0 Å². The molecule has 0 radical (unpaired) electrons. The molecule has 3 N–H and O–H groups in total. The van der Waals surface area contributed by atoms with Crippen LogP contribution in [0.2, 0.25) is 0 Å². The molecule has 3 aromatic rings. The van der Waals surface area contributed by atoms with Crippen molar-refractivity contribution in [3.05, 3.63) is 57.8 Å². The molecule has 146 valence electrons. The quantitative estimate of drug-likeness (QED) is 0.462. The van der Waals surface area contributed by atoms with Gasteiger partial charge in [-0.2, -0.15) is 0 Å². The summed E-state index contributed by atoms with van der Waals surface area (Å²) in [6.45, 7) is 0. The lowest BCUT2D eigenvalue weighted by Gasteiger charge is -2.20. The summed E-state index contributed by atoms with van der Waals surface area (Å²) in [6.07, 6.45) is -2.79. The van der Waals surface area contributed by atoms with E-state index in [1.165, 1.54) is 6.07 Å². The molecule has 1 heterocycles. The van der Waals surface area contributed by atoms with E-state index in [9.17, 15) is 32.3 Å². The van der Waals surface area contributed by atoms with Gasteiger partial charge in [0.05, 0.1) is 17.1 Å². The second-order valence-electron chi connectivity index (χ2n) is 6.84. The van der Waals surface area contributed by atoms with Gasteiger partial charge >= 0.3 is 0 Å². The van der Waals surface area contributed by atoms with E-state index < -0.39 is 47.5 Å². The molecular formula is C19H14F4N2O3. The third kappa shape index (κ3) is 2.91. The van der Waals surface area contributed by atoms with Gasteiger partial charge in [0.25, 0.3) is 11.8 Å². The van der Waals surface area contributed by atoms with Crippen LogP contribution in [0.3, 0.4) is 0 Å². The SMILES string of the molecule is O=C(N[C@H]1CCC(F)(F)[C@@H]1O)c1cc(F)cc2c(=O)c3cc(F)ccc3[nH]c12. The molecule has 1 amide bonds. The highest BCUT2D eigenvalue weighted by molar-refractivity contribution is 6.07. The van der Waals surface area contributed by atoms with Gasteiger partial charge in [0, 0.05) is 22.7 Å². The van der Waals surface area contributed by atoms with Crippen molar-refractivity contribution >= 4 is 27.7 Å². The van der Waals surface area contributed by atoms with Crippen LogP contribution in [-0.4, -0.2) is 34.1 Å². The van der Waals surface area contributed by atoms with Crippen molar-refractivity contribution in [2.24, 2.45) is 0 Å². The second-order valence-corrected chi connectivity index (χ2v) is 6.84. The summed E-state index contributed by atoms with van der Waals surface area (Å²) >= 11 is 0. The molecule has 2 aromatic carbocycles. The maximum absolute atomic E-state index is 14.1. The van der Waals surface area contributed by atoms with Crippen molar-refractivity contribution in [1.29, 1.82) is 0 Å². The van der Waals surface area contributed by atoms with E-state index in [2.05, 4.69) is 10.3 Å². The standard InChI is InChI=1S/C19H14F4N2O3/c20-8-1-2-13-10(5-8)16(26)11-6-9(21)7-12(15(11)24-13)18(28)25-14-3-4-19(22,23)17(14)27/h1-2,5-7,14,17,27H,3-4H2,(H,24,26)(H,25,28)/t14-,17+/m0/s1. The number of rotatable bonds is 2. The van der Waals surface area contributed by atoms with Crippen LogP contribution >= 0.6 is 0 Å². The minimum atomic E-state index is -3.32. The molecule has 0 spiro atoms. The van der Waals surface area contributed by atoms with Gasteiger partial charge in [0.1, 0.15) is 17.7 Å². The zero-order valence-corrected chi connectivity index (χ0v) is 14.2. The summed E-state index contributed by atoms with van der Waals surface area (Å²) in [7, 11) is 0. The third-order valence-electron chi connectivity index (χ3n) is 5.00. The third-order valence-corrected chi connectivity index (χ3v) is 5.00. The topological polar surface area (TPSA) is 82.2 Å². The number of amides is 1. The minimum Gasteiger partial charge on any atom is -0.385 e. The van der Waals surface area contributed by atoms with E-state index in [1.54, 1.807) is 0 Å². The van der Waals surface area contributed by atoms with Gasteiger partial charge in [-0.25, -0.2) is 17.6 Å². The smallest absolute Gasteiger partial charge is 0.275 e. The lowest BCUT2D eigenvalue weighted by Crippen LogP contribution is -2.45. The number of aromatic amines is 1. The summed E-state index contributed by atoms with van der Waals surface area (Å²) in [6, 6.07) is 3.98. The minimum absolute atomic E-state index is 0.0118. The van der Waals surface area contributed by atoms with Crippen LogP contribution in [0.15, 0.2) is 35.1 Å². The summed E-state index contributed by atoms with van der Waals surface area (Å²) in [5.74, 6) is -5.78. The Morgan fingerprint density at radius 3 is 2.54 bits per heavy atom. The van der Waals surface area contributed by atoms with Gasteiger partial charge in [-0.1, -0.05) is 0 Å². The first kappa shape index (κ1) is 18.4. The molecule has 0 saturated heterocycles. The summed E-state index contributed by atoms with van der Waals surface area (Å²) in [4.78, 5) is 28.0. The molecule has 1 saturated carbocycles. The molecule has 1 aromatic heterocycles. The van der Waals surface area contributed by atoms with Crippen LogP contribution in [0.25, 0.3) is 21.8 Å². The first-order valence-electron chi connectivity index (χ1n) is 8.49. The lowest BCUT2D eigenvalue weighted by molar-refractivity contribution is -0.0911. The molecule has 9 heteroatoms. The zero-order valence-electron chi connectivity index (χ0n) is 14.2. The molecule has 28 heavy (non-hydrogen) atoms. The molecule has 0 aliphatic heterocycles. The van der Waals surface area contributed by atoms with Crippen molar-refractivity contribution < 1.29 is 27.5 Å². The van der Waals surface area contributed by atoms with E-state index in [-0.39, 0.29) is 33.8 Å². The zero-order chi connectivity index (χ0) is 20.2. The number of carbonyl (C=O) groups is 1. The summed E-state index contributed by atoms with van der Waals surface area (Å²) < 4.78 is 54.5. The molecular weight excluding hydrogens is 380 g/mol. The lowest BCUT2D eigenvalue weighted by atomic mass is 10.0. The number of aromatic nitrogens is 1. The molecule has 1 fully saturated rings. The highest BCUT2D eigenvalue weighted by Gasteiger charge is 2.49. The van der Waals surface area contributed by atoms with Crippen molar-refractivity contribution in [3.63, 3.8) is 0 Å². The van der Waals surface area contributed by atoms with Gasteiger partial charge in [-0.3, -0.25) is 9.59 Å². The number of pyridine rings is 1. The van der Waals surface area contributed by atoms with Crippen molar-refractivity contribution in [2.45, 2.75) is 30.9 Å². The van der Waals surface area contributed by atoms with Crippen LogP contribution in [0.1, 0.15) is 23.2 Å². The van der Waals surface area contributed by atoms with Crippen LogP contribution in [-0.2, 0) is 0 Å². The fraction of sp³-hybridized carbons (Fsp3) is 0.263. The molecule has 5 nitrogen and oxygen atoms in total. The van der Waals surface area contributed by atoms with Crippen LogP contribution in [0.5, 0.6) is 0 Å². The number of benzene rings is 2. The maximum Gasteiger partial charge on any atom is 0.275 e. The Labute approximate surface area is 155 Å². The first-order valence-corrected chi connectivity index (χ1v) is 8.49. The Bertz CT molecular complexity index is 1180. The number of H-pyrrole nitrogens is 1. The van der Waals surface area contributed by atoms with E-state index in [0.717, 1.165) is 24.3 Å². The highest BCUT2D eigenvalue weighted by atomic mass is 19.3. The molecule has 1 aliphatic rings. The number of carbonyl (C=O) groups excluding carboxylic acids is 1. The normalized spacial score (nSPS) is 21.3. The Morgan fingerprint density at radius 2 is 1.86 bits per heavy atom. The summed E-state index contributed by atoms with van der Waals surface area (Å²) in [5, 5.41) is 11.7. The Kier molecular flexibility index (Phi) is 4.15. The van der Waals surface area contributed by atoms with Crippen molar-refractivity contribution in [2.75, 3.05) is 0 Å². The largest absolute Gasteiger partial charge is 0.385 e. The van der Waals surface area contributed by atoms with E-state index in [1.807, 2.05) is 0 Å². The highest BCUT2D eigenvalue weighted by Crippen LogP contribution is 2.35. The van der Waals surface area contributed by atoms with Crippen molar-refractivity contribution in [3.8, 4) is 0 Å². The predicted octanol–water partition coefficient (Wildman–Crippen LogP) is 2.85. The van der Waals surface area contributed by atoms with E-state index in [0.29, 0.717) is 0 Å². The van der Waals surface area contributed by atoms with Crippen LogP contribution in [0.4, 0.5) is 17.6 Å². The van der Waals surface area contributed by atoms with Gasteiger partial charge < -0.3 is 15.4 Å². The van der Waals surface area contributed by atoms with Gasteiger partial charge in [0.15, 0.2) is 5.43 Å². The number of fused-ring (bicyclic) bond motifs is 2. The monoisotopic (exact) mass is 394 g/mol. The van der Waals surface area contributed by atoms with Crippen LogP contribution in [0, 0.1) is 11.6 Å². The Balaban J connectivity index is 1.83. The summed E-state index contributed by atoms with van der Waals surface area (Å²) in [5.41, 5.74) is -0.737. The number of aliphatic hydroxyl groups is 1. The number of aliphatic hydroxyl groups excluding tert-OH is 1. The first-order chi connectivity index (χ1) is 13.2. The van der Waals surface area contributed by atoms with Crippen molar-refractivity contribution in [1.82, 2.24) is 10.3 Å². The van der Waals surface area contributed by atoms with Crippen LogP contribution < -0.4 is 10.7 Å². The molecule has 2 atom stereocenters. The van der Waals surface area contributed by atoms with E-state index in [4.69, 9.17) is 0 Å². The molecule has 0 bridgehead atoms. The Hall–Kier alpha value is -2.94. The average molecular weight is 394 g/mol. The average Bonchev–Trinajstić information content (AvgIpc) is 2.89. The predicted molar refractivity (Wildman–Crippen MR) is 93.4 cm³/mol. The van der Waals surface area contributed by atoms with Gasteiger partial charge in [-0.15, -0.1) is 0 Å². The van der Waals surface area contributed by atoms with E-state index >= 15 is 0 Å². The number of nitrogens with one attached hydrogen (secondary N) is 2. The van der Waals surface area contributed by atoms with Gasteiger partial charge in [-0.05, 0) is 36.8 Å². The molecule has 4 rings (SSSR count). The Morgan fingerprint density at radius 1 is 1.14 bits per heavy atom. The number of halogens is 4. The maximum atomic E-state index is 14.1. The number of hydrogen-bond donors (Lipinski definition) is 3. The second kappa shape index (κ2) is 6.30. The fourth-order valence-electron chi connectivity index (χ4n) is 3.54. The molecule has 1 aliphatic carbocycles. The fourth-order valence-corrected chi connectivity index (χ4v) is 3.54. The number of hydrogen-bond acceptors (Lipinski definition) is 3.